The lowest BCUT2D eigenvalue weighted by Crippen LogP contribution is -2.45. The summed E-state index contributed by atoms with van der Waals surface area (Å²) in [6.07, 6.45) is -9.12. The SMILES string of the molecule is CN1CCN(CCC(C(=N)COCc2cc(C(F)(F)F)cc(C(F)(F)F)c2)c2cccs2)CC1. The Morgan fingerprint density at radius 1 is 1.03 bits per heavy atom. The number of thiophene rings is 1. The average Bonchev–Trinajstić information content (AvgIpc) is 3.28. The third kappa shape index (κ3) is 7.53. The van der Waals surface area contributed by atoms with Gasteiger partial charge in [-0.25, -0.2) is 0 Å². The minimum absolute atomic E-state index is 0.0940. The summed E-state index contributed by atoms with van der Waals surface area (Å²) in [5.74, 6) is -0.216. The van der Waals surface area contributed by atoms with Gasteiger partial charge in [-0.1, -0.05) is 6.07 Å². The van der Waals surface area contributed by atoms with Crippen molar-refractivity contribution in [3.05, 3.63) is 57.3 Å². The van der Waals surface area contributed by atoms with Crippen LogP contribution in [0.1, 0.15) is 33.9 Å². The van der Waals surface area contributed by atoms with Crippen molar-refractivity contribution >= 4 is 17.0 Å². The van der Waals surface area contributed by atoms with Crippen molar-refractivity contribution in [2.75, 3.05) is 46.4 Å². The van der Waals surface area contributed by atoms with Crippen LogP contribution in [0.5, 0.6) is 0 Å². The van der Waals surface area contributed by atoms with E-state index < -0.39 is 30.1 Å². The molecule has 0 spiro atoms. The van der Waals surface area contributed by atoms with Crippen LogP contribution in [0, 0.1) is 5.41 Å². The molecule has 0 radical (unpaired) electrons. The molecule has 1 saturated heterocycles. The molecule has 1 aromatic heterocycles. The van der Waals surface area contributed by atoms with Gasteiger partial charge in [-0.2, -0.15) is 26.3 Å². The lowest BCUT2D eigenvalue weighted by atomic mass is 9.97. The van der Waals surface area contributed by atoms with E-state index in [2.05, 4.69) is 16.8 Å². The summed E-state index contributed by atoms with van der Waals surface area (Å²) in [4.78, 5) is 5.57. The van der Waals surface area contributed by atoms with Gasteiger partial charge >= 0.3 is 12.4 Å². The van der Waals surface area contributed by atoms with Gasteiger partial charge in [0.2, 0.25) is 0 Å². The van der Waals surface area contributed by atoms with Crippen LogP contribution in [0.15, 0.2) is 35.7 Å². The van der Waals surface area contributed by atoms with Crippen LogP contribution in [-0.2, 0) is 23.7 Å². The van der Waals surface area contributed by atoms with E-state index in [-0.39, 0.29) is 29.9 Å². The third-order valence-corrected chi connectivity index (χ3v) is 6.80. The van der Waals surface area contributed by atoms with Gasteiger partial charge in [-0.05, 0) is 55.2 Å². The van der Waals surface area contributed by atoms with E-state index in [1.54, 1.807) is 0 Å². The van der Waals surface area contributed by atoms with Gasteiger partial charge in [0.05, 0.1) is 24.3 Å². The number of hydrogen-bond acceptors (Lipinski definition) is 5. The highest BCUT2D eigenvalue weighted by atomic mass is 32.1. The number of alkyl halides is 6. The number of benzene rings is 1. The molecule has 11 heteroatoms. The summed E-state index contributed by atoms with van der Waals surface area (Å²) in [6, 6.07) is 5.22. The van der Waals surface area contributed by atoms with Crippen LogP contribution < -0.4 is 0 Å². The van der Waals surface area contributed by atoms with Crippen molar-refractivity contribution in [1.29, 1.82) is 5.41 Å². The Hall–Kier alpha value is -1.95. The molecule has 0 bridgehead atoms. The maximum Gasteiger partial charge on any atom is 0.416 e. The highest BCUT2D eigenvalue weighted by molar-refractivity contribution is 7.10. The van der Waals surface area contributed by atoms with E-state index in [0.29, 0.717) is 18.6 Å². The lowest BCUT2D eigenvalue weighted by molar-refractivity contribution is -0.143. The molecule has 0 saturated carbocycles. The van der Waals surface area contributed by atoms with E-state index in [4.69, 9.17) is 10.1 Å². The Kier molecular flexibility index (Phi) is 8.77. The second kappa shape index (κ2) is 11.2. The summed E-state index contributed by atoms with van der Waals surface area (Å²) in [5, 5.41) is 10.4. The minimum atomic E-state index is -4.91. The van der Waals surface area contributed by atoms with Gasteiger partial charge in [0.1, 0.15) is 0 Å². The van der Waals surface area contributed by atoms with Gasteiger partial charge < -0.3 is 19.9 Å². The number of likely N-dealkylation sites (N-methyl/N-ethyl adjacent to an activating group) is 1. The second-order valence-corrected chi connectivity index (χ2v) is 9.41. The molecule has 3 rings (SSSR count). The largest absolute Gasteiger partial charge is 0.416 e. The van der Waals surface area contributed by atoms with Gasteiger partial charge in [0.15, 0.2) is 0 Å². The number of nitrogens with zero attached hydrogens (tertiary/aromatic N) is 2. The van der Waals surface area contributed by atoms with Crippen LogP contribution >= 0.6 is 11.3 Å². The first-order chi connectivity index (χ1) is 15.9. The quantitative estimate of drug-likeness (QED) is 0.347. The number of rotatable bonds is 9. The fourth-order valence-electron chi connectivity index (χ4n) is 3.84. The zero-order valence-electron chi connectivity index (χ0n) is 18.7. The van der Waals surface area contributed by atoms with Gasteiger partial charge in [-0.3, -0.25) is 0 Å². The van der Waals surface area contributed by atoms with Crippen molar-refractivity contribution in [1.82, 2.24) is 9.80 Å². The van der Waals surface area contributed by atoms with Crippen LogP contribution in [-0.4, -0.2) is 61.9 Å². The van der Waals surface area contributed by atoms with E-state index in [9.17, 15) is 26.3 Å². The van der Waals surface area contributed by atoms with Gasteiger partial charge in [0.25, 0.3) is 0 Å². The Balaban J connectivity index is 1.63. The van der Waals surface area contributed by atoms with Crippen molar-refractivity contribution < 1.29 is 31.1 Å². The molecule has 1 atom stereocenters. The topological polar surface area (TPSA) is 39.6 Å². The highest BCUT2D eigenvalue weighted by Gasteiger charge is 2.37. The van der Waals surface area contributed by atoms with Gasteiger partial charge in [-0.15, -0.1) is 11.3 Å². The van der Waals surface area contributed by atoms with Crippen molar-refractivity contribution in [2.24, 2.45) is 0 Å². The summed E-state index contributed by atoms with van der Waals surface area (Å²) in [5.41, 5.74) is -2.74. The summed E-state index contributed by atoms with van der Waals surface area (Å²) in [6.45, 7) is 3.99. The first-order valence-electron chi connectivity index (χ1n) is 10.8. The summed E-state index contributed by atoms with van der Waals surface area (Å²) in [7, 11) is 2.07. The maximum atomic E-state index is 13.1. The predicted molar refractivity (Wildman–Crippen MR) is 119 cm³/mol. The molecule has 1 fully saturated rings. The third-order valence-electron chi connectivity index (χ3n) is 5.81. The van der Waals surface area contributed by atoms with Crippen LogP contribution in [0.4, 0.5) is 26.3 Å². The predicted octanol–water partition coefficient (Wildman–Crippen LogP) is 5.74. The number of halogens is 6. The molecule has 1 aromatic carbocycles. The second-order valence-electron chi connectivity index (χ2n) is 8.43. The van der Waals surface area contributed by atoms with Crippen molar-refractivity contribution in [3.8, 4) is 0 Å². The molecule has 1 aliphatic heterocycles. The Morgan fingerprint density at radius 2 is 1.65 bits per heavy atom. The highest BCUT2D eigenvalue weighted by Crippen LogP contribution is 2.36. The number of hydrogen-bond donors (Lipinski definition) is 1. The molecule has 1 aliphatic rings. The molecule has 1 N–H and O–H groups in total. The fraction of sp³-hybridized carbons (Fsp3) is 0.522. The van der Waals surface area contributed by atoms with Crippen LogP contribution in [0.25, 0.3) is 0 Å². The van der Waals surface area contributed by atoms with Crippen molar-refractivity contribution in [3.63, 3.8) is 0 Å². The average molecular weight is 508 g/mol. The number of ether oxygens (including phenoxy) is 1. The van der Waals surface area contributed by atoms with E-state index in [1.165, 1.54) is 11.3 Å². The Bertz CT molecular complexity index is 905. The van der Waals surface area contributed by atoms with E-state index in [1.807, 2.05) is 17.5 Å². The molecular formula is C23H27F6N3OS. The smallest absolute Gasteiger partial charge is 0.371 e. The first-order valence-corrected chi connectivity index (χ1v) is 11.7. The lowest BCUT2D eigenvalue weighted by Gasteiger charge is -2.33. The molecule has 2 aromatic rings. The summed E-state index contributed by atoms with van der Waals surface area (Å²) >= 11 is 1.51. The maximum absolute atomic E-state index is 13.1. The molecule has 0 aliphatic carbocycles. The van der Waals surface area contributed by atoms with Gasteiger partial charge in [0, 0.05) is 42.7 Å². The number of nitrogens with one attached hydrogen (secondary N) is 1. The fourth-order valence-corrected chi connectivity index (χ4v) is 4.74. The Labute approximate surface area is 198 Å². The zero-order chi connectivity index (χ0) is 24.9. The molecule has 2 heterocycles. The zero-order valence-corrected chi connectivity index (χ0v) is 19.5. The van der Waals surface area contributed by atoms with Crippen LogP contribution in [0.3, 0.4) is 0 Å². The first kappa shape index (κ1) is 26.7. The molecule has 4 nitrogen and oxygen atoms in total. The minimum Gasteiger partial charge on any atom is -0.371 e. The van der Waals surface area contributed by atoms with Crippen molar-refractivity contribution in [2.45, 2.75) is 31.3 Å². The van der Waals surface area contributed by atoms with Crippen LogP contribution in [0.2, 0.25) is 0 Å². The number of piperazine rings is 1. The molecular weight excluding hydrogens is 480 g/mol. The summed E-state index contributed by atoms with van der Waals surface area (Å²) < 4.78 is 83.8. The molecule has 1 unspecified atom stereocenters. The standard InChI is InChI=1S/C23H27F6N3OS/c1-31-6-8-32(9-7-31)5-4-19(21-3-2-10-34-21)20(30)15-33-14-16-11-17(22(24,25)26)13-18(12-16)23(27,28)29/h2-3,10-13,19,30H,4-9,14-15H2,1H3. The molecule has 0 amide bonds. The van der Waals surface area contributed by atoms with E-state index in [0.717, 1.165) is 37.6 Å². The Morgan fingerprint density at radius 3 is 2.18 bits per heavy atom. The monoisotopic (exact) mass is 507 g/mol. The normalized spacial score (nSPS) is 17.1. The molecule has 188 valence electrons. The van der Waals surface area contributed by atoms with E-state index >= 15 is 0 Å². The molecule has 34 heavy (non-hydrogen) atoms.